The highest BCUT2D eigenvalue weighted by atomic mass is 127. The number of aliphatic imine (C=N–C) groups is 1. The molecular formula is C18H40IN5. The molecule has 0 amide bonds. The van der Waals surface area contributed by atoms with Gasteiger partial charge in [0.25, 0.3) is 0 Å². The molecule has 0 aromatic carbocycles. The zero-order chi connectivity index (χ0) is 17.4. The number of hydrogen-bond donors (Lipinski definition) is 2. The molecule has 0 saturated heterocycles. The van der Waals surface area contributed by atoms with Crippen LogP contribution in [0.25, 0.3) is 0 Å². The molecule has 0 aliphatic heterocycles. The second-order valence-electron chi connectivity index (χ2n) is 7.53. The molecule has 0 bridgehead atoms. The third kappa shape index (κ3) is 8.85. The lowest BCUT2D eigenvalue weighted by molar-refractivity contribution is 0.173. The van der Waals surface area contributed by atoms with Gasteiger partial charge in [-0.15, -0.1) is 24.0 Å². The largest absolute Gasteiger partial charge is 0.356 e. The first-order valence-electron chi connectivity index (χ1n) is 9.23. The molecule has 0 aromatic heterocycles. The number of halogens is 1. The van der Waals surface area contributed by atoms with E-state index in [9.17, 15) is 0 Å². The summed E-state index contributed by atoms with van der Waals surface area (Å²) in [6.45, 7) is 12.1. The summed E-state index contributed by atoms with van der Waals surface area (Å²) < 4.78 is 0. The lowest BCUT2D eigenvalue weighted by atomic mass is 10.1. The van der Waals surface area contributed by atoms with Crippen molar-refractivity contribution in [3.05, 3.63) is 0 Å². The molecule has 1 fully saturated rings. The molecule has 1 unspecified atom stereocenters. The van der Waals surface area contributed by atoms with Gasteiger partial charge in [0, 0.05) is 44.8 Å². The van der Waals surface area contributed by atoms with Crippen molar-refractivity contribution in [2.45, 2.75) is 65.1 Å². The average molecular weight is 453 g/mol. The summed E-state index contributed by atoms with van der Waals surface area (Å²) in [4.78, 5) is 9.22. The number of rotatable bonds is 10. The molecule has 0 heterocycles. The van der Waals surface area contributed by atoms with Gasteiger partial charge in [0.2, 0.25) is 0 Å². The van der Waals surface area contributed by atoms with Crippen LogP contribution in [0.5, 0.6) is 0 Å². The fourth-order valence-electron chi connectivity index (χ4n) is 3.25. The minimum Gasteiger partial charge on any atom is -0.356 e. The zero-order valence-electron chi connectivity index (χ0n) is 16.8. The Morgan fingerprint density at radius 1 is 1.08 bits per heavy atom. The van der Waals surface area contributed by atoms with Gasteiger partial charge in [0.1, 0.15) is 0 Å². The Labute approximate surface area is 167 Å². The van der Waals surface area contributed by atoms with Gasteiger partial charge in [0.05, 0.1) is 0 Å². The van der Waals surface area contributed by atoms with E-state index in [1.54, 1.807) is 0 Å². The minimum atomic E-state index is 0. The Kier molecular flexibility index (Phi) is 12.3. The summed E-state index contributed by atoms with van der Waals surface area (Å²) in [5.74, 6) is 1.79. The molecule has 1 aliphatic carbocycles. The van der Waals surface area contributed by atoms with Gasteiger partial charge < -0.3 is 15.5 Å². The van der Waals surface area contributed by atoms with E-state index in [0.717, 1.165) is 37.9 Å². The quantitative estimate of drug-likeness (QED) is 0.231. The standard InChI is InChI=1S/C18H39N5.HI/c1-14(2)23(15(3)4)12-8-11-20-18(19-5)21-13-17(22(6)7)16-9-10-16;/h14-17H,8-13H2,1-7H3,(H2,19,20,21);1H. The SMILES string of the molecule is CN=C(NCCCN(C(C)C)C(C)C)NCC(C1CC1)N(C)C.I. The van der Waals surface area contributed by atoms with E-state index in [1.807, 2.05) is 7.05 Å². The fraction of sp³-hybridized carbons (Fsp3) is 0.944. The summed E-state index contributed by atoms with van der Waals surface area (Å²) in [5, 5.41) is 6.94. The van der Waals surface area contributed by atoms with E-state index in [2.05, 4.69) is 67.2 Å². The minimum absolute atomic E-state index is 0. The maximum absolute atomic E-state index is 4.35. The molecule has 0 aromatic rings. The fourth-order valence-corrected chi connectivity index (χ4v) is 3.25. The molecule has 1 saturated carbocycles. The molecule has 5 nitrogen and oxygen atoms in total. The van der Waals surface area contributed by atoms with E-state index in [-0.39, 0.29) is 24.0 Å². The summed E-state index contributed by atoms with van der Waals surface area (Å²) in [6, 6.07) is 1.82. The maximum atomic E-state index is 4.35. The van der Waals surface area contributed by atoms with Crippen LogP contribution in [0.1, 0.15) is 47.0 Å². The predicted molar refractivity (Wildman–Crippen MR) is 117 cm³/mol. The van der Waals surface area contributed by atoms with Gasteiger partial charge >= 0.3 is 0 Å². The Balaban J connectivity index is 0.00000529. The van der Waals surface area contributed by atoms with Crippen molar-refractivity contribution in [3.8, 4) is 0 Å². The molecule has 0 spiro atoms. The molecule has 1 atom stereocenters. The number of guanidine groups is 1. The van der Waals surface area contributed by atoms with Crippen molar-refractivity contribution < 1.29 is 0 Å². The van der Waals surface area contributed by atoms with Crippen molar-refractivity contribution >= 4 is 29.9 Å². The molecule has 0 radical (unpaired) electrons. The summed E-state index contributed by atoms with van der Waals surface area (Å²) in [5.41, 5.74) is 0. The number of nitrogens with zero attached hydrogens (tertiary/aromatic N) is 3. The van der Waals surface area contributed by atoms with Gasteiger partial charge in [-0.3, -0.25) is 9.89 Å². The van der Waals surface area contributed by atoms with Crippen LogP contribution in [-0.4, -0.2) is 74.7 Å². The molecule has 1 aliphatic rings. The first-order chi connectivity index (χ1) is 10.9. The third-order valence-corrected chi connectivity index (χ3v) is 4.74. The normalized spacial score (nSPS) is 16.7. The van der Waals surface area contributed by atoms with Crippen LogP contribution in [0.15, 0.2) is 4.99 Å². The highest BCUT2D eigenvalue weighted by Gasteiger charge is 2.32. The van der Waals surface area contributed by atoms with Crippen LogP contribution in [0.3, 0.4) is 0 Å². The predicted octanol–water partition coefficient (Wildman–Crippen LogP) is 2.62. The molecule has 144 valence electrons. The Morgan fingerprint density at radius 3 is 2.08 bits per heavy atom. The van der Waals surface area contributed by atoms with Crippen molar-refractivity contribution in [1.29, 1.82) is 0 Å². The summed E-state index contributed by atoms with van der Waals surface area (Å²) >= 11 is 0. The Hall–Kier alpha value is -0.0800. The van der Waals surface area contributed by atoms with Gasteiger partial charge in [-0.05, 0) is 67.0 Å². The Morgan fingerprint density at radius 2 is 1.67 bits per heavy atom. The van der Waals surface area contributed by atoms with Gasteiger partial charge in [-0.1, -0.05) is 0 Å². The van der Waals surface area contributed by atoms with Gasteiger partial charge in [-0.25, -0.2) is 0 Å². The van der Waals surface area contributed by atoms with Crippen molar-refractivity contribution in [2.75, 3.05) is 40.8 Å². The van der Waals surface area contributed by atoms with Crippen LogP contribution < -0.4 is 10.6 Å². The number of hydrogen-bond acceptors (Lipinski definition) is 3. The van der Waals surface area contributed by atoms with E-state index in [4.69, 9.17) is 0 Å². The first kappa shape index (κ1) is 23.9. The number of likely N-dealkylation sites (N-methyl/N-ethyl adjacent to an activating group) is 1. The van der Waals surface area contributed by atoms with E-state index in [1.165, 1.54) is 12.8 Å². The van der Waals surface area contributed by atoms with Crippen LogP contribution >= 0.6 is 24.0 Å². The van der Waals surface area contributed by atoms with Gasteiger partial charge in [0.15, 0.2) is 5.96 Å². The van der Waals surface area contributed by atoms with E-state index in [0.29, 0.717) is 18.1 Å². The van der Waals surface area contributed by atoms with Crippen LogP contribution in [0, 0.1) is 5.92 Å². The smallest absolute Gasteiger partial charge is 0.191 e. The van der Waals surface area contributed by atoms with Crippen LogP contribution in [0.4, 0.5) is 0 Å². The second-order valence-corrected chi connectivity index (χ2v) is 7.53. The van der Waals surface area contributed by atoms with Crippen molar-refractivity contribution in [2.24, 2.45) is 10.9 Å². The lowest BCUT2D eigenvalue weighted by Gasteiger charge is -2.30. The van der Waals surface area contributed by atoms with Crippen molar-refractivity contribution in [1.82, 2.24) is 20.4 Å². The first-order valence-corrected chi connectivity index (χ1v) is 9.23. The van der Waals surface area contributed by atoms with Crippen LogP contribution in [0.2, 0.25) is 0 Å². The third-order valence-electron chi connectivity index (χ3n) is 4.74. The molecular weight excluding hydrogens is 413 g/mol. The van der Waals surface area contributed by atoms with E-state index < -0.39 is 0 Å². The van der Waals surface area contributed by atoms with Gasteiger partial charge in [-0.2, -0.15) is 0 Å². The van der Waals surface area contributed by atoms with Crippen molar-refractivity contribution in [3.63, 3.8) is 0 Å². The highest BCUT2D eigenvalue weighted by molar-refractivity contribution is 14.0. The van der Waals surface area contributed by atoms with E-state index >= 15 is 0 Å². The molecule has 1 rings (SSSR count). The summed E-state index contributed by atoms with van der Waals surface area (Å²) in [7, 11) is 6.20. The monoisotopic (exact) mass is 453 g/mol. The average Bonchev–Trinajstić information content (AvgIpc) is 3.28. The van der Waals surface area contributed by atoms with Crippen LogP contribution in [-0.2, 0) is 0 Å². The lowest BCUT2D eigenvalue weighted by Crippen LogP contribution is -2.46. The molecule has 24 heavy (non-hydrogen) atoms. The number of nitrogens with one attached hydrogen (secondary N) is 2. The second kappa shape index (κ2) is 12.3. The molecule has 2 N–H and O–H groups in total. The Bertz CT molecular complexity index is 343. The molecule has 6 heteroatoms. The maximum Gasteiger partial charge on any atom is 0.191 e. The highest BCUT2D eigenvalue weighted by Crippen LogP contribution is 2.34. The topological polar surface area (TPSA) is 42.9 Å². The summed E-state index contributed by atoms with van der Waals surface area (Å²) in [6.07, 6.45) is 3.88. The zero-order valence-corrected chi connectivity index (χ0v) is 19.1.